The monoisotopic (exact) mass is 305 g/mol. The van der Waals surface area contributed by atoms with E-state index in [4.69, 9.17) is 4.52 Å². The van der Waals surface area contributed by atoms with Crippen molar-refractivity contribution < 1.29 is 4.52 Å². The van der Waals surface area contributed by atoms with E-state index in [2.05, 4.69) is 43.4 Å². The smallest absolute Gasteiger partial charge is 0.143 e. The molecule has 0 saturated carbocycles. The van der Waals surface area contributed by atoms with Crippen molar-refractivity contribution in [3.63, 3.8) is 0 Å². The second-order valence-electron chi connectivity index (χ2n) is 4.28. The van der Waals surface area contributed by atoms with Crippen molar-refractivity contribution in [3.8, 4) is 11.3 Å². The van der Waals surface area contributed by atoms with E-state index < -0.39 is 0 Å². The lowest BCUT2D eigenvalue weighted by atomic mass is 10.1. The molecule has 2 heterocycles. The Labute approximate surface area is 112 Å². The van der Waals surface area contributed by atoms with E-state index in [1.54, 1.807) is 0 Å². The molecule has 0 aliphatic heterocycles. The molecule has 1 aromatic carbocycles. The Kier molecular flexibility index (Phi) is 2.70. The maximum absolute atomic E-state index is 5.21. The van der Waals surface area contributed by atoms with Crippen LogP contribution in [0.4, 0.5) is 0 Å². The molecule has 4 nitrogen and oxygen atoms in total. The molecule has 0 fully saturated rings. The highest BCUT2D eigenvalue weighted by molar-refractivity contribution is 9.08. The summed E-state index contributed by atoms with van der Waals surface area (Å²) in [5.74, 6) is 0.796. The van der Waals surface area contributed by atoms with E-state index in [9.17, 15) is 0 Å². The Morgan fingerprint density at radius 1 is 1.33 bits per heavy atom. The molecule has 0 saturated heterocycles. The first kappa shape index (κ1) is 11.5. The third-order valence-electron chi connectivity index (χ3n) is 3.05. The van der Waals surface area contributed by atoms with Crippen molar-refractivity contribution in [2.45, 2.75) is 19.2 Å². The molecule has 0 radical (unpaired) electrons. The first-order chi connectivity index (χ1) is 8.70. The number of aromatic amines is 1. The van der Waals surface area contributed by atoms with Gasteiger partial charge in [0.2, 0.25) is 0 Å². The minimum atomic E-state index is 0.796. The maximum Gasteiger partial charge on any atom is 0.143 e. The van der Waals surface area contributed by atoms with Gasteiger partial charge in [0, 0.05) is 10.7 Å². The Hall–Kier alpha value is -1.62. The molecule has 18 heavy (non-hydrogen) atoms. The van der Waals surface area contributed by atoms with Gasteiger partial charge in [-0.3, -0.25) is 5.10 Å². The highest BCUT2D eigenvalue weighted by atomic mass is 79.9. The molecule has 0 unspecified atom stereocenters. The van der Waals surface area contributed by atoms with Crippen LogP contribution in [0.3, 0.4) is 0 Å². The van der Waals surface area contributed by atoms with Crippen molar-refractivity contribution in [1.29, 1.82) is 0 Å². The Bertz CT molecular complexity index is 695. The SMILES string of the molecule is Cc1noc(C)c1-c1n[nH]c2ccc(CBr)cc12. The number of fused-ring (bicyclic) bond motifs is 1. The minimum Gasteiger partial charge on any atom is -0.361 e. The van der Waals surface area contributed by atoms with Gasteiger partial charge in [-0.15, -0.1) is 0 Å². The molecular formula is C13H12BrN3O. The Morgan fingerprint density at radius 3 is 2.83 bits per heavy atom. The molecule has 92 valence electrons. The second-order valence-corrected chi connectivity index (χ2v) is 4.85. The van der Waals surface area contributed by atoms with Gasteiger partial charge in [0.15, 0.2) is 0 Å². The third kappa shape index (κ3) is 1.66. The summed E-state index contributed by atoms with van der Waals surface area (Å²) in [4.78, 5) is 0. The zero-order valence-corrected chi connectivity index (χ0v) is 11.7. The molecule has 0 aliphatic carbocycles. The number of hydrogen-bond acceptors (Lipinski definition) is 3. The lowest BCUT2D eigenvalue weighted by molar-refractivity contribution is 0.393. The third-order valence-corrected chi connectivity index (χ3v) is 3.70. The van der Waals surface area contributed by atoms with Gasteiger partial charge in [0.25, 0.3) is 0 Å². The van der Waals surface area contributed by atoms with Crippen LogP contribution in [-0.2, 0) is 5.33 Å². The summed E-state index contributed by atoms with van der Waals surface area (Å²) >= 11 is 3.47. The average Bonchev–Trinajstić information content (AvgIpc) is 2.92. The summed E-state index contributed by atoms with van der Waals surface area (Å²) in [6.07, 6.45) is 0. The summed E-state index contributed by atoms with van der Waals surface area (Å²) in [5.41, 5.74) is 4.99. The van der Waals surface area contributed by atoms with E-state index in [0.29, 0.717) is 0 Å². The van der Waals surface area contributed by atoms with E-state index in [-0.39, 0.29) is 0 Å². The molecule has 1 N–H and O–H groups in total. The van der Waals surface area contributed by atoms with Gasteiger partial charge >= 0.3 is 0 Å². The predicted molar refractivity (Wildman–Crippen MR) is 73.7 cm³/mol. The number of nitrogens with one attached hydrogen (secondary N) is 1. The molecule has 0 aliphatic rings. The normalized spacial score (nSPS) is 11.3. The van der Waals surface area contributed by atoms with Crippen molar-refractivity contribution in [1.82, 2.24) is 15.4 Å². The minimum absolute atomic E-state index is 0.796. The number of rotatable bonds is 2. The summed E-state index contributed by atoms with van der Waals surface area (Å²) < 4.78 is 5.21. The fourth-order valence-electron chi connectivity index (χ4n) is 2.16. The van der Waals surface area contributed by atoms with E-state index in [1.807, 2.05) is 19.9 Å². The van der Waals surface area contributed by atoms with E-state index in [1.165, 1.54) is 5.56 Å². The number of nitrogens with zero attached hydrogens (tertiary/aromatic N) is 2. The number of aryl methyl sites for hydroxylation is 2. The van der Waals surface area contributed by atoms with Gasteiger partial charge in [-0.25, -0.2) is 0 Å². The molecule has 3 aromatic rings. The molecule has 0 atom stereocenters. The fraction of sp³-hybridized carbons (Fsp3) is 0.231. The lowest BCUT2D eigenvalue weighted by Gasteiger charge is -1.98. The van der Waals surface area contributed by atoms with Crippen LogP contribution in [0.1, 0.15) is 17.0 Å². The summed E-state index contributed by atoms with van der Waals surface area (Å²) in [6.45, 7) is 3.84. The van der Waals surface area contributed by atoms with Crippen LogP contribution in [0.15, 0.2) is 22.7 Å². The van der Waals surface area contributed by atoms with Crippen LogP contribution in [0.5, 0.6) is 0 Å². The number of H-pyrrole nitrogens is 1. The number of alkyl halides is 1. The van der Waals surface area contributed by atoms with E-state index in [0.717, 1.165) is 38.9 Å². The Morgan fingerprint density at radius 2 is 2.17 bits per heavy atom. The van der Waals surface area contributed by atoms with Gasteiger partial charge in [0.05, 0.1) is 16.8 Å². The van der Waals surface area contributed by atoms with Crippen LogP contribution < -0.4 is 0 Å². The summed E-state index contributed by atoms with van der Waals surface area (Å²) in [7, 11) is 0. The summed E-state index contributed by atoms with van der Waals surface area (Å²) in [5, 5.41) is 13.4. The molecule has 5 heteroatoms. The topological polar surface area (TPSA) is 54.7 Å². The fourth-order valence-corrected chi connectivity index (χ4v) is 2.50. The van der Waals surface area contributed by atoms with Gasteiger partial charge in [-0.05, 0) is 31.5 Å². The van der Waals surface area contributed by atoms with Crippen molar-refractivity contribution in [2.75, 3.05) is 0 Å². The molecule has 0 bridgehead atoms. The first-order valence-electron chi connectivity index (χ1n) is 5.67. The lowest BCUT2D eigenvalue weighted by Crippen LogP contribution is -1.83. The van der Waals surface area contributed by atoms with E-state index >= 15 is 0 Å². The standard InChI is InChI=1S/C13H12BrN3O/c1-7-12(8(2)18-17-7)13-10-5-9(6-14)3-4-11(10)15-16-13/h3-5H,6H2,1-2H3,(H,15,16). The molecule has 3 rings (SSSR count). The number of halogens is 1. The van der Waals surface area contributed by atoms with Crippen molar-refractivity contribution >= 4 is 26.8 Å². The van der Waals surface area contributed by atoms with Crippen LogP contribution in [0, 0.1) is 13.8 Å². The van der Waals surface area contributed by atoms with Crippen molar-refractivity contribution in [3.05, 3.63) is 35.2 Å². The average molecular weight is 306 g/mol. The molecule has 0 spiro atoms. The number of benzene rings is 1. The maximum atomic E-state index is 5.21. The highest BCUT2D eigenvalue weighted by Crippen LogP contribution is 2.31. The van der Waals surface area contributed by atoms with Crippen LogP contribution in [0.25, 0.3) is 22.2 Å². The zero-order chi connectivity index (χ0) is 12.7. The first-order valence-corrected chi connectivity index (χ1v) is 6.79. The van der Waals surface area contributed by atoms with Crippen LogP contribution >= 0.6 is 15.9 Å². The zero-order valence-electron chi connectivity index (χ0n) is 10.1. The van der Waals surface area contributed by atoms with Crippen molar-refractivity contribution in [2.24, 2.45) is 0 Å². The molecule has 2 aromatic heterocycles. The molecular weight excluding hydrogens is 294 g/mol. The summed E-state index contributed by atoms with van der Waals surface area (Å²) in [6, 6.07) is 6.25. The van der Waals surface area contributed by atoms with Gasteiger partial charge in [-0.1, -0.05) is 27.2 Å². The van der Waals surface area contributed by atoms with Crippen LogP contribution in [-0.4, -0.2) is 15.4 Å². The van der Waals surface area contributed by atoms with Gasteiger partial charge in [0.1, 0.15) is 11.5 Å². The number of hydrogen-bond donors (Lipinski definition) is 1. The quantitative estimate of drug-likeness (QED) is 0.734. The molecule has 0 amide bonds. The highest BCUT2D eigenvalue weighted by Gasteiger charge is 2.17. The van der Waals surface area contributed by atoms with Gasteiger partial charge < -0.3 is 4.52 Å². The Balaban J connectivity index is 2.29. The largest absolute Gasteiger partial charge is 0.361 e. The predicted octanol–water partition coefficient (Wildman–Crippen LogP) is 3.73. The van der Waals surface area contributed by atoms with Gasteiger partial charge in [-0.2, -0.15) is 5.10 Å². The second kappa shape index (κ2) is 4.24. The van der Waals surface area contributed by atoms with Crippen LogP contribution in [0.2, 0.25) is 0 Å². The number of aromatic nitrogens is 3.